The van der Waals surface area contributed by atoms with Gasteiger partial charge in [-0.2, -0.15) is 0 Å². The molecule has 138 valence electrons. The molecule has 5 heteroatoms. The molecule has 1 aliphatic rings. The highest BCUT2D eigenvalue weighted by atomic mass is 16.2. The van der Waals surface area contributed by atoms with E-state index in [2.05, 4.69) is 17.6 Å². The number of amides is 2. The van der Waals surface area contributed by atoms with Gasteiger partial charge in [-0.1, -0.05) is 26.7 Å². The lowest BCUT2D eigenvalue weighted by Crippen LogP contribution is -2.28. The lowest BCUT2D eigenvalue weighted by molar-refractivity contribution is -0.120. The second-order valence-electron chi connectivity index (χ2n) is 7.11. The fourth-order valence-corrected chi connectivity index (χ4v) is 2.89. The van der Waals surface area contributed by atoms with Gasteiger partial charge in [0.05, 0.1) is 5.56 Å². The molecule has 1 aromatic carbocycles. The number of nitrogens with one attached hydrogen (secondary N) is 2. The molecule has 2 N–H and O–H groups in total. The minimum Gasteiger partial charge on any atom is -0.377 e. The minimum atomic E-state index is -0.0691. The third kappa shape index (κ3) is 5.48. The highest BCUT2D eigenvalue weighted by Crippen LogP contribution is 2.26. The molecule has 25 heavy (non-hydrogen) atoms. The van der Waals surface area contributed by atoms with E-state index in [1.807, 2.05) is 38.1 Å². The van der Waals surface area contributed by atoms with Gasteiger partial charge in [0, 0.05) is 37.4 Å². The molecule has 1 aromatic rings. The SMILES string of the molecule is CCCCC(CC)C(=O)Nc1ccc(N(C)C)c(C(=O)NC2CC2)c1. The van der Waals surface area contributed by atoms with Crippen LogP contribution >= 0.6 is 0 Å². The normalized spacial score (nSPS) is 14.7. The van der Waals surface area contributed by atoms with Crippen LogP contribution in [0.15, 0.2) is 18.2 Å². The van der Waals surface area contributed by atoms with Gasteiger partial charge in [-0.3, -0.25) is 9.59 Å². The standard InChI is InChI=1S/C20H31N3O2/c1-5-7-8-14(6-2)19(24)22-16-11-12-18(23(3)4)17(13-16)20(25)21-15-9-10-15/h11-15H,5-10H2,1-4H3,(H,21,25)(H,22,24). The minimum absolute atomic E-state index is 0.0252. The van der Waals surface area contributed by atoms with Crippen molar-refractivity contribution in [3.05, 3.63) is 23.8 Å². The molecule has 2 rings (SSSR count). The number of benzene rings is 1. The van der Waals surface area contributed by atoms with E-state index in [-0.39, 0.29) is 17.7 Å². The molecule has 0 aliphatic heterocycles. The Morgan fingerprint density at radius 3 is 2.52 bits per heavy atom. The van der Waals surface area contributed by atoms with E-state index in [0.717, 1.165) is 44.2 Å². The summed E-state index contributed by atoms with van der Waals surface area (Å²) in [4.78, 5) is 27.0. The van der Waals surface area contributed by atoms with Gasteiger partial charge in [0.2, 0.25) is 5.91 Å². The first-order valence-corrected chi connectivity index (χ1v) is 9.39. The average Bonchev–Trinajstić information content (AvgIpc) is 3.39. The van der Waals surface area contributed by atoms with E-state index in [9.17, 15) is 9.59 Å². The van der Waals surface area contributed by atoms with Crippen LogP contribution in [0.25, 0.3) is 0 Å². The van der Waals surface area contributed by atoms with Gasteiger partial charge in [0.1, 0.15) is 0 Å². The zero-order valence-corrected chi connectivity index (χ0v) is 15.9. The quantitative estimate of drug-likeness (QED) is 0.715. The highest BCUT2D eigenvalue weighted by molar-refractivity contribution is 6.02. The molecule has 0 saturated heterocycles. The summed E-state index contributed by atoms with van der Waals surface area (Å²) < 4.78 is 0. The van der Waals surface area contributed by atoms with E-state index < -0.39 is 0 Å². The Morgan fingerprint density at radius 2 is 1.96 bits per heavy atom. The Morgan fingerprint density at radius 1 is 1.24 bits per heavy atom. The van der Waals surface area contributed by atoms with E-state index in [1.165, 1.54) is 0 Å². The zero-order valence-electron chi connectivity index (χ0n) is 15.9. The van der Waals surface area contributed by atoms with Crippen molar-refractivity contribution in [3.63, 3.8) is 0 Å². The maximum atomic E-state index is 12.5. The fraction of sp³-hybridized carbons (Fsp3) is 0.600. The molecule has 1 atom stereocenters. The molecular weight excluding hydrogens is 314 g/mol. The molecule has 5 nitrogen and oxygen atoms in total. The molecule has 1 saturated carbocycles. The third-order valence-corrected chi connectivity index (χ3v) is 4.67. The molecular formula is C20H31N3O2. The van der Waals surface area contributed by atoms with Crippen LogP contribution in [0.2, 0.25) is 0 Å². The van der Waals surface area contributed by atoms with Gasteiger partial charge in [-0.15, -0.1) is 0 Å². The van der Waals surface area contributed by atoms with Gasteiger partial charge in [-0.05, 0) is 43.9 Å². The van der Waals surface area contributed by atoms with Crippen LogP contribution < -0.4 is 15.5 Å². The topological polar surface area (TPSA) is 61.4 Å². The number of anilines is 2. The molecule has 0 radical (unpaired) electrons. The monoisotopic (exact) mass is 345 g/mol. The van der Waals surface area contributed by atoms with Crippen molar-refractivity contribution in [3.8, 4) is 0 Å². The largest absolute Gasteiger partial charge is 0.377 e. The lowest BCUT2D eigenvalue weighted by atomic mass is 9.98. The molecule has 1 unspecified atom stereocenters. The Kier molecular flexibility index (Phi) is 6.85. The van der Waals surface area contributed by atoms with Crippen molar-refractivity contribution in [2.24, 2.45) is 5.92 Å². The van der Waals surface area contributed by atoms with E-state index in [4.69, 9.17) is 0 Å². The molecule has 0 heterocycles. The second kappa shape index (κ2) is 8.88. The van der Waals surface area contributed by atoms with Crippen molar-refractivity contribution in [2.75, 3.05) is 24.3 Å². The maximum Gasteiger partial charge on any atom is 0.253 e. The molecule has 0 aromatic heterocycles. The summed E-state index contributed by atoms with van der Waals surface area (Å²) in [5, 5.41) is 6.02. The van der Waals surface area contributed by atoms with Crippen LogP contribution in [0.5, 0.6) is 0 Å². The smallest absolute Gasteiger partial charge is 0.253 e. The van der Waals surface area contributed by atoms with Gasteiger partial charge in [-0.25, -0.2) is 0 Å². The Balaban J connectivity index is 2.14. The van der Waals surface area contributed by atoms with Crippen LogP contribution in [0, 0.1) is 5.92 Å². The summed E-state index contributed by atoms with van der Waals surface area (Å²) in [7, 11) is 3.83. The Bertz CT molecular complexity index is 609. The number of hydrogen-bond donors (Lipinski definition) is 2. The highest BCUT2D eigenvalue weighted by Gasteiger charge is 2.25. The number of carbonyl (C=O) groups is 2. The van der Waals surface area contributed by atoms with Gasteiger partial charge >= 0.3 is 0 Å². The van der Waals surface area contributed by atoms with Crippen LogP contribution in [0.1, 0.15) is 62.7 Å². The molecule has 1 aliphatic carbocycles. The van der Waals surface area contributed by atoms with Gasteiger partial charge in [0.15, 0.2) is 0 Å². The molecule has 0 bridgehead atoms. The predicted octanol–water partition coefficient (Wildman–Crippen LogP) is 3.80. The summed E-state index contributed by atoms with van der Waals surface area (Å²) in [5.41, 5.74) is 2.15. The number of unbranched alkanes of at least 4 members (excludes halogenated alkanes) is 1. The van der Waals surface area contributed by atoms with E-state index in [1.54, 1.807) is 6.07 Å². The first-order chi connectivity index (χ1) is 12.0. The second-order valence-corrected chi connectivity index (χ2v) is 7.11. The van der Waals surface area contributed by atoms with Crippen molar-refractivity contribution >= 4 is 23.2 Å². The van der Waals surface area contributed by atoms with Crippen molar-refractivity contribution < 1.29 is 9.59 Å². The van der Waals surface area contributed by atoms with E-state index in [0.29, 0.717) is 17.3 Å². The summed E-state index contributed by atoms with van der Waals surface area (Å²) in [6.45, 7) is 4.18. The molecule has 1 fully saturated rings. The summed E-state index contributed by atoms with van der Waals surface area (Å²) in [6.07, 6.45) is 5.98. The van der Waals surface area contributed by atoms with Crippen LogP contribution in [0.3, 0.4) is 0 Å². The average molecular weight is 345 g/mol. The van der Waals surface area contributed by atoms with Crippen LogP contribution in [0.4, 0.5) is 11.4 Å². The lowest BCUT2D eigenvalue weighted by Gasteiger charge is -2.19. The molecule has 0 spiro atoms. The van der Waals surface area contributed by atoms with Gasteiger partial charge in [0.25, 0.3) is 5.91 Å². The van der Waals surface area contributed by atoms with Crippen LogP contribution in [-0.2, 0) is 4.79 Å². The first kappa shape index (κ1) is 19.3. The Hall–Kier alpha value is -2.04. The summed E-state index contributed by atoms with van der Waals surface area (Å²) in [5.74, 6) is -0.000330. The number of nitrogens with zero attached hydrogens (tertiary/aromatic N) is 1. The zero-order chi connectivity index (χ0) is 18.4. The number of rotatable bonds is 9. The number of carbonyl (C=O) groups excluding carboxylic acids is 2. The van der Waals surface area contributed by atoms with Crippen LogP contribution in [-0.4, -0.2) is 32.0 Å². The molecule has 2 amide bonds. The van der Waals surface area contributed by atoms with Crippen molar-refractivity contribution in [1.82, 2.24) is 5.32 Å². The van der Waals surface area contributed by atoms with Gasteiger partial charge < -0.3 is 15.5 Å². The third-order valence-electron chi connectivity index (χ3n) is 4.67. The van der Waals surface area contributed by atoms with E-state index >= 15 is 0 Å². The maximum absolute atomic E-state index is 12.5. The van der Waals surface area contributed by atoms with Crippen molar-refractivity contribution in [1.29, 1.82) is 0 Å². The summed E-state index contributed by atoms with van der Waals surface area (Å²) >= 11 is 0. The number of hydrogen-bond acceptors (Lipinski definition) is 3. The Labute approximate surface area is 151 Å². The van der Waals surface area contributed by atoms with Crippen molar-refractivity contribution in [2.45, 2.75) is 58.4 Å². The fourth-order valence-electron chi connectivity index (χ4n) is 2.89. The predicted molar refractivity (Wildman–Crippen MR) is 103 cm³/mol. The summed E-state index contributed by atoms with van der Waals surface area (Å²) in [6, 6.07) is 5.86. The first-order valence-electron chi connectivity index (χ1n) is 9.39.